The van der Waals surface area contributed by atoms with Crippen LogP contribution in [0.1, 0.15) is 25.3 Å². The third-order valence-electron chi connectivity index (χ3n) is 3.40. The standard InChI is InChI=1S/C15H20N2O2/c1-12(14-7-4-9-18-14)17-11-13-5-2-3-6-15(13)19-10-8-16/h2-3,5-6,12,14,17H,4,7,9-11H2,1H3. The zero-order valence-electron chi connectivity index (χ0n) is 11.3. The lowest BCUT2D eigenvalue weighted by Crippen LogP contribution is -2.36. The Morgan fingerprint density at radius 1 is 1.53 bits per heavy atom. The Hall–Kier alpha value is -1.57. The quantitative estimate of drug-likeness (QED) is 0.852. The zero-order chi connectivity index (χ0) is 13.5. The van der Waals surface area contributed by atoms with Gasteiger partial charge in [-0.2, -0.15) is 5.26 Å². The van der Waals surface area contributed by atoms with E-state index in [1.54, 1.807) is 0 Å². The third-order valence-corrected chi connectivity index (χ3v) is 3.40. The molecule has 1 fully saturated rings. The van der Waals surface area contributed by atoms with E-state index in [0.29, 0.717) is 12.1 Å². The van der Waals surface area contributed by atoms with Crippen LogP contribution in [0.4, 0.5) is 0 Å². The van der Waals surface area contributed by atoms with Crippen molar-refractivity contribution in [3.05, 3.63) is 29.8 Å². The average Bonchev–Trinajstić information content (AvgIpc) is 2.97. The van der Waals surface area contributed by atoms with E-state index in [0.717, 1.165) is 37.3 Å². The molecule has 0 bridgehead atoms. The van der Waals surface area contributed by atoms with E-state index in [-0.39, 0.29) is 6.61 Å². The highest BCUT2D eigenvalue weighted by molar-refractivity contribution is 5.33. The number of nitrogens with one attached hydrogen (secondary N) is 1. The second-order valence-corrected chi connectivity index (χ2v) is 4.78. The molecule has 0 amide bonds. The predicted octanol–water partition coefficient (Wildman–Crippen LogP) is 2.25. The monoisotopic (exact) mass is 260 g/mol. The Balaban J connectivity index is 1.89. The van der Waals surface area contributed by atoms with Crippen LogP contribution in [0.3, 0.4) is 0 Å². The number of benzene rings is 1. The van der Waals surface area contributed by atoms with E-state index < -0.39 is 0 Å². The molecular formula is C15H20N2O2. The summed E-state index contributed by atoms with van der Waals surface area (Å²) in [7, 11) is 0. The molecule has 0 spiro atoms. The Morgan fingerprint density at radius 2 is 2.37 bits per heavy atom. The van der Waals surface area contributed by atoms with Crippen LogP contribution in [0.2, 0.25) is 0 Å². The van der Waals surface area contributed by atoms with Gasteiger partial charge in [0.1, 0.15) is 11.8 Å². The summed E-state index contributed by atoms with van der Waals surface area (Å²) in [4.78, 5) is 0. The first-order valence-corrected chi connectivity index (χ1v) is 6.74. The lowest BCUT2D eigenvalue weighted by Gasteiger charge is -2.20. The molecular weight excluding hydrogens is 240 g/mol. The van der Waals surface area contributed by atoms with E-state index in [1.807, 2.05) is 30.3 Å². The SMILES string of the molecule is CC(NCc1ccccc1OCC#N)C1CCCO1. The van der Waals surface area contributed by atoms with Crippen molar-refractivity contribution in [2.45, 2.75) is 38.5 Å². The van der Waals surface area contributed by atoms with Gasteiger partial charge in [0.05, 0.1) is 6.10 Å². The van der Waals surface area contributed by atoms with Gasteiger partial charge in [-0.15, -0.1) is 0 Å². The molecule has 4 heteroatoms. The number of hydrogen-bond donors (Lipinski definition) is 1. The molecule has 102 valence electrons. The minimum atomic E-state index is 0.0816. The van der Waals surface area contributed by atoms with Crippen LogP contribution in [-0.2, 0) is 11.3 Å². The molecule has 1 N–H and O–H groups in total. The van der Waals surface area contributed by atoms with Gasteiger partial charge in [-0.25, -0.2) is 0 Å². The molecule has 1 aromatic carbocycles. The Kier molecular flexibility index (Phi) is 5.20. The van der Waals surface area contributed by atoms with Crippen molar-refractivity contribution < 1.29 is 9.47 Å². The van der Waals surface area contributed by atoms with Crippen molar-refractivity contribution in [1.29, 1.82) is 5.26 Å². The number of para-hydroxylation sites is 1. The lowest BCUT2D eigenvalue weighted by molar-refractivity contribution is 0.0831. The molecule has 1 saturated heterocycles. The molecule has 0 aromatic heterocycles. The molecule has 1 heterocycles. The van der Waals surface area contributed by atoms with E-state index in [4.69, 9.17) is 14.7 Å². The van der Waals surface area contributed by atoms with E-state index in [1.165, 1.54) is 0 Å². The minimum Gasteiger partial charge on any atom is -0.478 e. The highest BCUT2D eigenvalue weighted by atomic mass is 16.5. The summed E-state index contributed by atoms with van der Waals surface area (Å²) in [5.41, 5.74) is 1.07. The molecule has 0 radical (unpaired) electrons. The van der Waals surface area contributed by atoms with Crippen LogP contribution in [0, 0.1) is 11.3 Å². The van der Waals surface area contributed by atoms with Gasteiger partial charge in [0.15, 0.2) is 6.61 Å². The summed E-state index contributed by atoms with van der Waals surface area (Å²) in [6.07, 6.45) is 2.59. The number of hydrogen-bond acceptors (Lipinski definition) is 4. The van der Waals surface area contributed by atoms with Crippen molar-refractivity contribution in [1.82, 2.24) is 5.32 Å². The first-order chi connectivity index (χ1) is 9.31. The fourth-order valence-corrected chi connectivity index (χ4v) is 2.30. The molecule has 0 aliphatic carbocycles. The molecule has 1 aromatic rings. The van der Waals surface area contributed by atoms with Gasteiger partial charge >= 0.3 is 0 Å². The predicted molar refractivity (Wildman–Crippen MR) is 72.8 cm³/mol. The van der Waals surface area contributed by atoms with E-state index >= 15 is 0 Å². The molecule has 2 rings (SSSR count). The molecule has 2 unspecified atom stereocenters. The van der Waals surface area contributed by atoms with Crippen molar-refractivity contribution in [2.24, 2.45) is 0 Å². The summed E-state index contributed by atoms with van der Waals surface area (Å²) in [6, 6.07) is 10.1. The second-order valence-electron chi connectivity index (χ2n) is 4.78. The average molecular weight is 260 g/mol. The van der Waals surface area contributed by atoms with Crippen LogP contribution < -0.4 is 10.1 Å². The van der Waals surface area contributed by atoms with Crippen LogP contribution in [0.15, 0.2) is 24.3 Å². The number of nitriles is 1. The smallest absolute Gasteiger partial charge is 0.174 e. The highest BCUT2D eigenvalue weighted by Gasteiger charge is 2.21. The van der Waals surface area contributed by atoms with Crippen molar-refractivity contribution in [3.8, 4) is 11.8 Å². The fraction of sp³-hybridized carbons (Fsp3) is 0.533. The maximum Gasteiger partial charge on any atom is 0.174 e. The molecule has 1 aliphatic heterocycles. The van der Waals surface area contributed by atoms with Crippen molar-refractivity contribution >= 4 is 0 Å². The summed E-state index contributed by atoms with van der Waals surface area (Å²) in [5.74, 6) is 0.774. The van der Waals surface area contributed by atoms with Gasteiger partial charge in [-0.3, -0.25) is 0 Å². The third kappa shape index (κ3) is 3.95. The summed E-state index contributed by atoms with van der Waals surface area (Å²) >= 11 is 0. The van der Waals surface area contributed by atoms with Gasteiger partial charge in [-0.05, 0) is 25.8 Å². The van der Waals surface area contributed by atoms with Crippen LogP contribution >= 0.6 is 0 Å². The van der Waals surface area contributed by atoms with Crippen molar-refractivity contribution in [2.75, 3.05) is 13.2 Å². The first-order valence-electron chi connectivity index (χ1n) is 6.74. The van der Waals surface area contributed by atoms with Gasteiger partial charge in [0, 0.05) is 24.8 Å². The molecule has 4 nitrogen and oxygen atoms in total. The van der Waals surface area contributed by atoms with Gasteiger partial charge in [0.2, 0.25) is 0 Å². The molecule has 0 saturated carbocycles. The number of rotatable bonds is 6. The fourth-order valence-electron chi connectivity index (χ4n) is 2.30. The summed E-state index contributed by atoms with van der Waals surface area (Å²) < 4.78 is 11.1. The minimum absolute atomic E-state index is 0.0816. The van der Waals surface area contributed by atoms with E-state index in [2.05, 4.69) is 12.2 Å². The molecule has 1 aliphatic rings. The van der Waals surface area contributed by atoms with Crippen LogP contribution in [0.25, 0.3) is 0 Å². The first kappa shape index (κ1) is 13.9. The molecule has 2 atom stereocenters. The Morgan fingerprint density at radius 3 is 3.11 bits per heavy atom. The maximum absolute atomic E-state index is 8.57. The maximum atomic E-state index is 8.57. The van der Waals surface area contributed by atoms with Gasteiger partial charge in [0.25, 0.3) is 0 Å². The Bertz CT molecular complexity index is 436. The summed E-state index contributed by atoms with van der Waals surface area (Å²) in [5, 5.41) is 12.0. The van der Waals surface area contributed by atoms with Crippen LogP contribution in [-0.4, -0.2) is 25.4 Å². The number of nitrogens with zero attached hydrogens (tertiary/aromatic N) is 1. The topological polar surface area (TPSA) is 54.3 Å². The zero-order valence-corrected chi connectivity index (χ0v) is 11.3. The lowest BCUT2D eigenvalue weighted by atomic mass is 10.1. The van der Waals surface area contributed by atoms with Crippen LogP contribution in [0.5, 0.6) is 5.75 Å². The number of ether oxygens (including phenoxy) is 2. The molecule has 19 heavy (non-hydrogen) atoms. The highest BCUT2D eigenvalue weighted by Crippen LogP contribution is 2.19. The van der Waals surface area contributed by atoms with Gasteiger partial charge in [-0.1, -0.05) is 18.2 Å². The normalized spacial score (nSPS) is 19.9. The van der Waals surface area contributed by atoms with E-state index in [9.17, 15) is 0 Å². The largest absolute Gasteiger partial charge is 0.478 e. The second kappa shape index (κ2) is 7.13. The van der Waals surface area contributed by atoms with Crippen molar-refractivity contribution in [3.63, 3.8) is 0 Å². The summed E-state index contributed by atoms with van der Waals surface area (Å²) in [6.45, 7) is 3.83. The van der Waals surface area contributed by atoms with Gasteiger partial charge < -0.3 is 14.8 Å². The Labute approximate surface area is 114 Å².